The number of Topliss-reactive ketones (excluding diaryl/α,β-unsaturated/α-hetero) is 1. The lowest BCUT2D eigenvalue weighted by Crippen LogP contribution is -2.30. The fourth-order valence-corrected chi connectivity index (χ4v) is 3.89. The van der Waals surface area contributed by atoms with E-state index in [1.54, 1.807) is 16.5 Å². The molecule has 2 unspecified atom stereocenters. The van der Waals surface area contributed by atoms with Crippen LogP contribution in [0.3, 0.4) is 0 Å². The molecule has 1 amide bonds. The number of aryl methyl sites for hydroxylation is 3. The average molecular weight is 373 g/mol. The Balaban J connectivity index is 1.57. The van der Waals surface area contributed by atoms with Gasteiger partial charge in [0.05, 0.1) is 23.1 Å². The van der Waals surface area contributed by atoms with Crippen LogP contribution >= 0.6 is 0 Å². The molecule has 3 heterocycles. The second kappa shape index (κ2) is 7.64. The molecule has 0 bridgehead atoms. The van der Waals surface area contributed by atoms with E-state index in [0.29, 0.717) is 43.7 Å². The van der Waals surface area contributed by atoms with Gasteiger partial charge >= 0.3 is 0 Å². The summed E-state index contributed by atoms with van der Waals surface area (Å²) < 4.78 is 1.72. The van der Waals surface area contributed by atoms with Crippen LogP contribution in [0.15, 0.2) is 6.07 Å². The van der Waals surface area contributed by atoms with E-state index in [1.807, 2.05) is 19.9 Å². The summed E-state index contributed by atoms with van der Waals surface area (Å²) in [6.45, 7) is 8.43. The number of rotatable bonds is 6. The number of hydrogen-bond acceptors (Lipinski definition) is 5. The molecule has 8 nitrogen and oxygen atoms in total. The van der Waals surface area contributed by atoms with Crippen LogP contribution in [0.5, 0.6) is 0 Å². The van der Waals surface area contributed by atoms with Crippen molar-refractivity contribution >= 4 is 11.7 Å². The Kier molecular flexibility index (Phi) is 5.46. The Morgan fingerprint density at radius 3 is 2.63 bits per heavy atom. The number of carbonyl (C=O) groups is 2. The van der Waals surface area contributed by atoms with Crippen molar-refractivity contribution in [2.24, 2.45) is 5.92 Å². The van der Waals surface area contributed by atoms with Crippen molar-refractivity contribution in [1.82, 2.24) is 24.9 Å². The third kappa shape index (κ3) is 4.10. The average Bonchev–Trinajstić information content (AvgIpc) is 3.24. The number of β-amino-alcohol motifs (C(OH)–C–C–N with tert-alkyl or cyclic N) is 1. The zero-order valence-corrected chi connectivity index (χ0v) is 16.3. The maximum absolute atomic E-state index is 12.6. The zero-order chi connectivity index (χ0) is 19.7. The Morgan fingerprint density at radius 2 is 2.04 bits per heavy atom. The van der Waals surface area contributed by atoms with Gasteiger partial charge < -0.3 is 10.0 Å². The van der Waals surface area contributed by atoms with Gasteiger partial charge in [-0.15, -0.1) is 0 Å². The second-order valence-electron chi connectivity index (χ2n) is 7.45. The van der Waals surface area contributed by atoms with Crippen molar-refractivity contribution in [1.29, 1.82) is 0 Å². The van der Waals surface area contributed by atoms with Crippen molar-refractivity contribution in [2.75, 3.05) is 13.1 Å². The first-order chi connectivity index (χ1) is 12.8. The minimum atomic E-state index is -0.538. The summed E-state index contributed by atoms with van der Waals surface area (Å²) in [6.07, 6.45) is 0.401. The Morgan fingerprint density at radius 1 is 1.30 bits per heavy atom. The molecule has 27 heavy (non-hydrogen) atoms. The number of aliphatic hydroxyl groups excluding tert-OH is 1. The zero-order valence-electron chi connectivity index (χ0n) is 16.3. The number of carbonyl (C=O) groups excluding carboxylic acids is 2. The lowest BCUT2D eigenvalue weighted by Gasteiger charge is -2.16. The molecule has 146 valence electrons. The van der Waals surface area contributed by atoms with Gasteiger partial charge in [-0.25, -0.2) is 0 Å². The SMILES string of the molecule is CC(=O)c1c(C)nn(CCC(=O)N2CC(O)C(Cc3cc(C)[nH]n3)C2)c1C. The summed E-state index contributed by atoms with van der Waals surface area (Å²) >= 11 is 0. The van der Waals surface area contributed by atoms with Crippen molar-refractivity contribution in [3.8, 4) is 0 Å². The number of likely N-dealkylation sites (tertiary alicyclic amines) is 1. The van der Waals surface area contributed by atoms with Gasteiger partial charge in [-0.1, -0.05) is 0 Å². The van der Waals surface area contributed by atoms with Crippen molar-refractivity contribution in [3.63, 3.8) is 0 Å². The molecule has 0 aromatic carbocycles. The number of ketones is 1. The van der Waals surface area contributed by atoms with E-state index in [-0.39, 0.29) is 17.6 Å². The van der Waals surface area contributed by atoms with E-state index in [4.69, 9.17) is 0 Å². The number of amides is 1. The highest BCUT2D eigenvalue weighted by atomic mass is 16.3. The summed E-state index contributed by atoms with van der Waals surface area (Å²) in [6, 6.07) is 1.96. The maximum atomic E-state index is 12.6. The molecule has 2 aromatic rings. The van der Waals surface area contributed by atoms with E-state index >= 15 is 0 Å². The molecule has 1 aliphatic rings. The smallest absolute Gasteiger partial charge is 0.224 e. The molecular formula is C19H27N5O3. The topological polar surface area (TPSA) is 104 Å². The first-order valence-electron chi connectivity index (χ1n) is 9.28. The largest absolute Gasteiger partial charge is 0.391 e. The predicted octanol–water partition coefficient (Wildman–Crippen LogP) is 1.19. The minimum Gasteiger partial charge on any atom is -0.391 e. The summed E-state index contributed by atoms with van der Waals surface area (Å²) in [5.74, 6) is -0.0250. The molecule has 0 spiro atoms. The lowest BCUT2D eigenvalue weighted by atomic mass is 10.0. The molecule has 0 radical (unpaired) electrons. The predicted molar refractivity (Wildman–Crippen MR) is 99.4 cm³/mol. The summed E-state index contributed by atoms with van der Waals surface area (Å²) in [7, 11) is 0. The standard InChI is InChI=1S/C19H27N5O3/c1-11-7-16(21-20-11)8-15-9-23(10-17(15)26)18(27)5-6-24-13(3)19(14(4)25)12(2)22-24/h7,15,17,26H,5-6,8-10H2,1-4H3,(H,20,21). The normalized spacial score (nSPS) is 19.7. The third-order valence-electron chi connectivity index (χ3n) is 5.26. The number of H-pyrrole nitrogens is 1. The van der Waals surface area contributed by atoms with Gasteiger partial charge in [0.2, 0.25) is 5.91 Å². The molecule has 2 aromatic heterocycles. The van der Waals surface area contributed by atoms with E-state index in [1.165, 1.54) is 6.92 Å². The molecule has 0 saturated carbocycles. The van der Waals surface area contributed by atoms with Crippen molar-refractivity contribution in [2.45, 2.75) is 53.2 Å². The monoisotopic (exact) mass is 373 g/mol. The van der Waals surface area contributed by atoms with Crippen LogP contribution in [0.2, 0.25) is 0 Å². The summed E-state index contributed by atoms with van der Waals surface area (Å²) in [5, 5.41) is 21.8. The fourth-order valence-electron chi connectivity index (χ4n) is 3.89. The van der Waals surface area contributed by atoms with Crippen LogP contribution in [-0.2, 0) is 17.8 Å². The molecule has 8 heteroatoms. The number of nitrogens with zero attached hydrogens (tertiary/aromatic N) is 4. The van der Waals surface area contributed by atoms with Gasteiger partial charge in [-0.05, 0) is 40.2 Å². The van der Waals surface area contributed by atoms with E-state index in [9.17, 15) is 14.7 Å². The molecule has 1 aliphatic heterocycles. The number of aliphatic hydroxyl groups is 1. The molecule has 1 saturated heterocycles. The van der Waals surface area contributed by atoms with Crippen LogP contribution in [0.1, 0.15) is 46.5 Å². The van der Waals surface area contributed by atoms with Crippen LogP contribution in [0.4, 0.5) is 0 Å². The highest BCUT2D eigenvalue weighted by molar-refractivity contribution is 5.96. The molecule has 2 atom stereocenters. The summed E-state index contributed by atoms with van der Waals surface area (Å²) in [5.41, 5.74) is 4.01. The molecule has 3 rings (SSSR count). The molecule has 1 fully saturated rings. The van der Waals surface area contributed by atoms with Crippen LogP contribution in [0, 0.1) is 26.7 Å². The van der Waals surface area contributed by atoms with E-state index < -0.39 is 6.10 Å². The highest BCUT2D eigenvalue weighted by Gasteiger charge is 2.34. The Hall–Kier alpha value is -2.48. The van der Waals surface area contributed by atoms with Gasteiger partial charge in [-0.2, -0.15) is 10.2 Å². The van der Waals surface area contributed by atoms with Gasteiger partial charge in [0.1, 0.15) is 0 Å². The molecule has 2 N–H and O–H groups in total. The Bertz CT molecular complexity index is 854. The fraction of sp³-hybridized carbons (Fsp3) is 0.579. The number of hydrogen-bond donors (Lipinski definition) is 2. The molecular weight excluding hydrogens is 346 g/mol. The number of aromatic amines is 1. The summed E-state index contributed by atoms with van der Waals surface area (Å²) in [4.78, 5) is 26.0. The Labute approximate surface area is 158 Å². The molecule has 0 aliphatic carbocycles. The van der Waals surface area contributed by atoms with Gasteiger partial charge in [0.25, 0.3) is 0 Å². The first kappa shape index (κ1) is 19.3. The van der Waals surface area contributed by atoms with Crippen LogP contribution < -0.4 is 0 Å². The van der Waals surface area contributed by atoms with Crippen LogP contribution in [0.25, 0.3) is 0 Å². The second-order valence-corrected chi connectivity index (χ2v) is 7.45. The number of nitrogens with one attached hydrogen (secondary N) is 1. The maximum Gasteiger partial charge on any atom is 0.224 e. The van der Waals surface area contributed by atoms with Gasteiger partial charge in [0.15, 0.2) is 5.78 Å². The quantitative estimate of drug-likeness (QED) is 0.740. The highest BCUT2D eigenvalue weighted by Crippen LogP contribution is 2.22. The third-order valence-corrected chi connectivity index (χ3v) is 5.26. The number of aromatic nitrogens is 4. The lowest BCUT2D eigenvalue weighted by molar-refractivity contribution is -0.130. The van der Waals surface area contributed by atoms with E-state index in [2.05, 4.69) is 15.3 Å². The van der Waals surface area contributed by atoms with Gasteiger partial charge in [-0.3, -0.25) is 19.4 Å². The van der Waals surface area contributed by atoms with Crippen molar-refractivity contribution in [3.05, 3.63) is 34.4 Å². The minimum absolute atomic E-state index is 0.00495. The van der Waals surface area contributed by atoms with E-state index in [0.717, 1.165) is 17.1 Å². The van der Waals surface area contributed by atoms with Crippen LogP contribution in [-0.4, -0.2) is 60.9 Å². The first-order valence-corrected chi connectivity index (χ1v) is 9.28. The van der Waals surface area contributed by atoms with Crippen molar-refractivity contribution < 1.29 is 14.7 Å². The van der Waals surface area contributed by atoms with Gasteiger partial charge in [0, 0.05) is 43.4 Å².